The number of aromatic nitrogens is 1. The first kappa shape index (κ1) is 15.5. The summed E-state index contributed by atoms with van der Waals surface area (Å²) in [5.41, 5.74) is 2.87. The summed E-state index contributed by atoms with van der Waals surface area (Å²) in [7, 11) is 1.56. The van der Waals surface area contributed by atoms with Gasteiger partial charge in [-0.2, -0.15) is 5.26 Å². The minimum Gasteiger partial charge on any atom is -0.494 e. The van der Waals surface area contributed by atoms with E-state index in [4.69, 9.17) is 4.74 Å². The number of methoxy groups -OCH3 is 1. The number of pyridine rings is 1. The molecule has 1 N–H and O–H groups in total. The highest BCUT2D eigenvalue weighted by molar-refractivity contribution is 6.01. The SMILES string of the molecule is COc1ccc(-c2ccccc2)c2cc(C#N)c(NC(C)=O)nc12. The van der Waals surface area contributed by atoms with E-state index < -0.39 is 0 Å². The quantitative estimate of drug-likeness (QED) is 0.798. The van der Waals surface area contributed by atoms with Crippen LogP contribution in [0.3, 0.4) is 0 Å². The number of nitriles is 1. The van der Waals surface area contributed by atoms with Gasteiger partial charge in [-0.05, 0) is 29.3 Å². The molecule has 3 rings (SSSR count). The lowest BCUT2D eigenvalue weighted by Crippen LogP contribution is -2.09. The Balaban J connectivity index is 2.34. The number of ether oxygens (including phenoxy) is 1. The Kier molecular flexibility index (Phi) is 4.13. The number of hydrogen-bond donors (Lipinski definition) is 1. The molecule has 0 atom stereocenters. The number of rotatable bonds is 3. The summed E-state index contributed by atoms with van der Waals surface area (Å²) >= 11 is 0. The molecule has 3 aromatic rings. The van der Waals surface area contributed by atoms with Crippen molar-refractivity contribution in [2.24, 2.45) is 0 Å². The number of carbonyl (C=O) groups excluding carboxylic acids is 1. The molecule has 0 spiro atoms. The third kappa shape index (κ3) is 2.77. The minimum absolute atomic E-state index is 0.237. The summed E-state index contributed by atoms with van der Waals surface area (Å²) in [6.07, 6.45) is 0. The standard InChI is InChI=1S/C19H15N3O2/c1-12(23)21-19-14(11-20)10-16-15(13-6-4-3-5-7-13)8-9-17(24-2)18(16)22-19/h3-10H,1-2H3,(H,21,22,23). The average Bonchev–Trinajstić information content (AvgIpc) is 2.60. The summed E-state index contributed by atoms with van der Waals surface area (Å²) in [6, 6.07) is 17.4. The average molecular weight is 317 g/mol. The van der Waals surface area contributed by atoms with Crippen molar-refractivity contribution in [2.45, 2.75) is 6.92 Å². The van der Waals surface area contributed by atoms with Crippen LogP contribution in [0.25, 0.3) is 22.0 Å². The summed E-state index contributed by atoms with van der Waals surface area (Å²) in [4.78, 5) is 15.8. The molecule has 0 unspecified atom stereocenters. The summed E-state index contributed by atoms with van der Waals surface area (Å²) in [5.74, 6) is 0.540. The number of nitrogens with one attached hydrogen (secondary N) is 1. The summed E-state index contributed by atoms with van der Waals surface area (Å²) in [5, 5.41) is 12.8. The maximum absolute atomic E-state index is 11.4. The molecule has 24 heavy (non-hydrogen) atoms. The van der Waals surface area contributed by atoms with Gasteiger partial charge in [0.25, 0.3) is 0 Å². The Morgan fingerprint density at radius 3 is 2.58 bits per heavy atom. The fourth-order valence-corrected chi connectivity index (χ4v) is 2.62. The van der Waals surface area contributed by atoms with Gasteiger partial charge in [0.05, 0.1) is 12.7 Å². The van der Waals surface area contributed by atoms with Crippen LogP contribution in [0, 0.1) is 11.3 Å². The highest BCUT2D eigenvalue weighted by Gasteiger charge is 2.15. The second-order valence-electron chi connectivity index (χ2n) is 5.26. The Morgan fingerprint density at radius 2 is 1.96 bits per heavy atom. The number of fused-ring (bicyclic) bond motifs is 1. The van der Waals surface area contributed by atoms with Crippen molar-refractivity contribution < 1.29 is 9.53 Å². The first-order chi connectivity index (χ1) is 11.6. The van der Waals surface area contributed by atoms with Gasteiger partial charge in [-0.15, -0.1) is 0 Å². The Morgan fingerprint density at radius 1 is 1.21 bits per heavy atom. The highest BCUT2D eigenvalue weighted by Crippen LogP contribution is 2.35. The molecule has 0 saturated heterocycles. The molecule has 1 amide bonds. The zero-order chi connectivity index (χ0) is 17.1. The van der Waals surface area contributed by atoms with E-state index in [9.17, 15) is 10.1 Å². The van der Waals surface area contributed by atoms with Gasteiger partial charge >= 0.3 is 0 Å². The second-order valence-corrected chi connectivity index (χ2v) is 5.26. The van der Waals surface area contributed by atoms with Crippen LogP contribution in [-0.4, -0.2) is 18.0 Å². The van der Waals surface area contributed by atoms with E-state index in [2.05, 4.69) is 16.4 Å². The maximum atomic E-state index is 11.4. The lowest BCUT2D eigenvalue weighted by molar-refractivity contribution is -0.114. The number of nitrogens with zero attached hydrogens (tertiary/aromatic N) is 2. The third-order valence-corrected chi connectivity index (χ3v) is 3.67. The van der Waals surface area contributed by atoms with Gasteiger partial charge in [0, 0.05) is 12.3 Å². The molecule has 0 aliphatic heterocycles. The van der Waals surface area contributed by atoms with E-state index in [0.29, 0.717) is 16.8 Å². The molecule has 1 aromatic heterocycles. The van der Waals surface area contributed by atoms with Gasteiger partial charge in [-0.3, -0.25) is 4.79 Å². The third-order valence-electron chi connectivity index (χ3n) is 3.67. The highest BCUT2D eigenvalue weighted by atomic mass is 16.5. The fraction of sp³-hybridized carbons (Fsp3) is 0.105. The maximum Gasteiger partial charge on any atom is 0.222 e. The van der Waals surface area contributed by atoms with E-state index in [-0.39, 0.29) is 11.7 Å². The topological polar surface area (TPSA) is 75.0 Å². The molecule has 0 fully saturated rings. The van der Waals surface area contributed by atoms with Crippen LogP contribution in [0.2, 0.25) is 0 Å². The molecular weight excluding hydrogens is 302 g/mol. The van der Waals surface area contributed by atoms with Gasteiger partial charge in [0.2, 0.25) is 5.91 Å². The van der Waals surface area contributed by atoms with Crippen molar-refractivity contribution in [2.75, 3.05) is 12.4 Å². The van der Waals surface area contributed by atoms with E-state index in [0.717, 1.165) is 16.5 Å². The van der Waals surface area contributed by atoms with Gasteiger partial charge in [0.15, 0.2) is 5.82 Å². The van der Waals surface area contributed by atoms with Crippen LogP contribution in [0.4, 0.5) is 5.82 Å². The number of amides is 1. The number of benzene rings is 2. The van der Waals surface area contributed by atoms with E-state index in [1.54, 1.807) is 13.2 Å². The zero-order valence-electron chi connectivity index (χ0n) is 13.3. The monoisotopic (exact) mass is 317 g/mol. The van der Waals surface area contributed by atoms with Crippen molar-refractivity contribution in [1.82, 2.24) is 4.98 Å². The van der Waals surface area contributed by atoms with Gasteiger partial charge in [-0.1, -0.05) is 30.3 Å². The van der Waals surface area contributed by atoms with Crippen LogP contribution in [0.15, 0.2) is 48.5 Å². The minimum atomic E-state index is -0.281. The Labute approximate surface area is 139 Å². The molecule has 5 nitrogen and oxygen atoms in total. The number of anilines is 1. The van der Waals surface area contributed by atoms with Crippen molar-refractivity contribution in [3.05, 3.63) is 54.1 Å². The molecule has 0 aliphatic rings. The summed E-state index contributed by atoms with van der Waals surface area (Å²) in [6.45, 7) is 1.38. The first-order valence-electron chi connectivity index (χ1n) is 7.39. The van der Waals surface area contributed by atoms with Crippen LogP contribution in [0.5, 0.6) is 5.75 Å². The zero-order valence-corrected chi connectivity index (χ0v) is 13.3. The first-order valence-corrected chi connectivity index (χ1v) is 7.39. The van der Waals surface area contributed by atoms with Crippen molar-refractivity contribution in [1.29, 1.82) is 5.26 Å². The van der Waals surface area contributed by atoms with Gasteiger partial charge in [0.1, 0.15) is 17.3 Å². The Bertz CT molecular complexity index is 960. The van der Waals surface area contributed by atoms with Crippen LogP contribution >= 0.6 is 0 Å². The van der Waals surface area contributed by atoms with Crippen molar-refractivity contribution >= 4 is 22.6 Å². The molecule has 118 valence electrons. The number of hydrogen-bond acceptors (Lipinski definition) is 4. The van der Waals surface area contributed by atoms with Crippen LogP contribution in [0.1, 0.15) is 12.5 Å². The molecule has 0 saturated carbocycles. The summed E-state index contributed by atoms with van der Waals surface area (Å²) < 4.78 is 5.39. The number of carbonyl (C=O) groups is 1. The predicted octanol–water partition coefficient (Wildman–Crippen LogP) is 3.74. The molecule has 2 aromatic carbocycles. The smallest absolute Gasteiger partial charge is 0.222 e. The van der Waals surface area contributed by atoms with E-state index in [1.807, 2.05) is 42.5 Å². The second kappa shape index (κ2) is 6.39. The lowest BCUT2D eigenvalue weighted by atomic mass is 9.99. The largest absolute Gasteiger partial charge is 0.494 e. The lowest BCUT2D eigenvalue weighted by Gasteiger charge is -2.13. The molecule has 0 radical (unpaired) electrons. The normalized spacial score (nSPS) is 10.2. The van der Waals surface area contributed by atoms with Crippen molar-refractivity contribution in [3.63, 3.8) is 0 Å². The fourth-order valence-electron chi connectivity index (χ4n) is 2.62. The Hall–Kier alpha value is -3.39. The van der Waals surface area contributed by atoms with Gasteiger partial charge in [-0.25, -0.2) is 4.98 Å². The molecule has 0 bridgehead atoms. The van der Waals surface area contributed by atoms with E-state index in [1.165, 1.54) is 6.92 Å². The molecular formula is C19H15N3O2. The van der Waals surface area contributed by atoms with Crippen molar-refractivity contribution in [3.8, 4) is 22.9 Å². The van der Waals surface area contributed by atoms with Gasteiger partial charge < -0.3 is 10.1 Å². The molecule has 5 heteroatoms. The molecule has 0 aliphatic carbocycles. The predicted molar refractivity (Wildman–Crippen MR) is 92.7 cm³/mol. The van der Waals surface area contributed by atoms with Crippen LogP contribution in [-0.2, 0) is 4.79 Å². The van der Waals surface area contributed by atoms with Crippen LogP contribution < -0.4 is 10.1 Å². The van der Waals surface area contributed by atoms with E-state index >= 15 is 0 Å². The molecule has 1 heterocycles.